The third-order valence-electron chi connectivity index (χ3n) is 6.13. The summed E-state index contributed by atoms with van der Waals surface area (Å²) in [5.41, 5.74) is 0.959. The number of sulfonamides is 1. The molecule has 0 aliphatic heterocycles. The lowest BCUT2D eigenvalue weighted by atomic mass is 9.86. The third kappa shape index (κ3) is 4.91. The molecule has 1 atom stereocenters. The van der Waals surface area contributed by atoms with Crippen LogP contribution in [0.2, 0.25) is 15.3 Å². The maximum atomic E-state index is 14.0. The molecule has 0 fully saturated rings. The molecule has 0 spiro atoms. The van der Waals surface area contributed by atoms with E-state index in [1.807, 2.05) is 0 Å². The first-order valence-electron chi connectivity index (χ1n) is 11.5. The lowest BCUT2D eigenvalue weighted by Gasteiger charge is -2.37. The third-order valence-corrected chi connectivity index (χ3v) is 8.50. The van der Waals surface area contributed by atoms with Crippen LogP contribution in [0.4, 0.5) is 5.69 Å². The van der Waals surface area contributed by atoms with Crippen LogP contribution in [-0.2, 0) is 14.8 Å². The summed E-state index contributed by atoms with van der Waals surface area (Å²) in [4.78, 5) is 26.9. The molecule has 5 rings (SSSR count). The summed E-state index contributed by atoms with van der Waals surface area (Å²) in [7, 11) is -4.44. The van der Waals surface area contributed by atoms with Gasteiger partial charge in [0.25, 0.3) is 10.0 Å². The molecule has 3 aromatic heterocycles. The van der Waals surface area contributed by atoms with E-state index in [1.165, 1.54) is 18.2 Å². The number of carboxylic acids is 1. The van der Waals surface area contributed by atoms with Crippen LogP contribution in [0, 0.1) is 5.41 Å². The number of carboxylic acid groups (broad SMARTS) is 1. The maximum absolute atomic E-state index is 14.0. The highest BCUT2D eigenvalue weighted by Crippen LogP contribution is 2.37. The predicted molar refractivity (Wildman–Crippen MR) is 149 cm³/mol. The van der Waals surface area contributed by atoms with Crippen LogP contribution in [0.3, 0.4) is 0 Å². The molecule has 0 amide bonds. The molecule has 0 saturated heterocycles. The van der Waals surface area contributed by atoms with E-state index in [0.29, 0.717) is 27.9 Å². The largest absolute Gasteiger partial charge is 0.480 e. The van der Waals surface area contributed by atoms with E-state index in [4.69, 9.17) is 34.8 Å². The van der Waals surface area contributed by atoms with Crippen LogP contribution in [-0.4, -0.2) is 45.1 Å². The average molecular weight is 609 g/mol. The van der Waals surface area contributed by atoms with Crippen LogP contribution >= 0.6 is 34.8 Å². The minimum absolute atomic E-state index is 0.0405. The van der Waals surface area contributed by atoms with Gasteiger partial charge in [0, 0.05) is 21.6 Å². The van der Waals surface area contributed by atoms with Crippen molar-refractivity contribution in [2.45, 2.75) is 31.7 Å². The van der Waals surface area contributed by atoms with E-state index in [0.717, 1.165) is 4.31 Å². The number of fused-ring (bicyclic) bond motifs is 2. The Kier molecular flexibility index (Phi) is 6.74. The summed E-state index contributed by atoms with van der Waals surface area (Å²) >= 11 is 18.4. The summed E-state index contributed by atoms with van der Waals surface area (Å²) in [6.07, 6.45) is 3.35. The van der Waals surface area contributed by atoms with Crippen LogP contribution < -0.4 is 9.29 Å². The molecule has 10 nitrogen and oxygen atoms in total. The van der Waals surface area contributed by atoms with Gasteiger partial charge in [0.15, 0.2) is 12.1 Å². The molecule has 0 bridgehead atoms. The number of benzene rings is 2. The van der Waals surface area contributed by atoms with Crippen molar-refractivity contribution < 1.29 is 23.3 Å². The lowest BCUT2D eigenvalue weighted by Crippen LogP contribution is -2.52. The molecular formula is C25H22Cl3N6O4S+. The Morgan fingerprint density at radius 3 is 2.41 bits per heavy atom. The summed E-state index contributed by atoms with van der Waals surface area (Å²) in [6.45, 7) is 4.98. The fraction of sp³-hybridized carbons (Fsp3) is 0.200. The Morgan fingerprint density at radius 2 is 1.77 bits per heavy atom. The van der Waals surface area contributed by atoms with Gasteiger partial charge in [0.05, 0.1) is 16.1 Å². The Hall–Kier alpha value is -3.38. The molecule has 0 saturated carbocycles. The normalized spacial score (nSPS) is 13.2. The molecule has 0 radical (unpaired) electrons. The molecule has 2 aromatic carbocycles. The number of H-pyrrole nitrogens is 2. The first-order valence-corrected chi connectivity index (χ1v) is 14.1. The van der Waals surface area contributed by atoms with E-state index in [1.54, 1.807) is 62.1 Å². The number of hydrogen-bond donors (Lipinski definition) is 2. The van der Waals surface area contributed by atoms with Crippen molar-refractivity contribution >= 4 is 78.5 Å². The molecule has 14 heteroatoms. The molecule has 0 aliphatic rings. The number of aromatic amines is 2. The zero-order valence-electron chi connectivity index (χ0n) is 20.8. The van der Waals surface area contributed by atoms with Gasteiger partial charge < -0.3 is 5.11 Å². The fourth-order valence-corrected chi connectivity index (χ4v) is 7.18. The van der Waals surface area contributed by atoms with Crippen LogP contribution in [0.15, 0.2) is 59.9 Å². The number of hydrogen-bond acceptors (Lipinski definition) is 5. The molecule has 1 unspecified atom stereocenters. The second kappa shape index (κ2) is 9.67. The number of aromatic nitrogens is 5. The van der Waals surface area contributed by atoms with Crippen LogP contribution in [0.1, 0.15) is 20.8 Å². The van der Waals surface area contributed by atoms with Crippen molar-refractivity contribution in [2.24, 2.45) is 5.41 Å². The first kappa shape index (κ1) is 27.2. The number of nitrogens with one attached hydrogen (secondary N) is 2. The van der Waals surface area contributed by atoms with E-state index < -0.39 is 27.4 Å². The quantitative estimate of drug-likeness (QED) is 0.249. The van der Waals surface area contributed by atoms with Crippen molar-refractivity contribution in [3.8, 4) is 5.82 Å². The van der Waals surface area contributed by atoms with Crippen molar-refractivity contribution in [3.63, 3.8) is 0 Å². The number of halogens is 3. The smallest absolute Gasteiger partial charge is 0.328 e. The Bertz CT molecular complexity index is 1840. The zero-order valence-corrected chi connectivity index (χ0v) is 23.9. The summed E-state index contributed by atoms with van der Waals surface area (Å²) in [5, 5.41) is 11.1. The van der Waals surface area contributed by atoms with E-state index in [9.17, 15) is 18.3 Å². The molecule has 39 heavy (non-hydrogen) atoms. The summed E-state index contributed by atoms with van der Waals surface area (Å²) in [5.74, 6) is -0.831. The maximum Gasteiger partial charge on any atom is 0.328 e. The summed E-state index contributed by atoms with van der Waals surface area (Å²) < 4.78 is 30.8. The summed E-state index contributed by atoms with van der Waals surface area (Å²) in [6, 6.07) is 9.03. The molecule has 0 aliphatic carbocycles. The van der Waals surface area contributed by atoms with Gasteiger partial charge >= 0.3 is 16.9 Å². The van der Waals surface area contributed by atoms with Crippen molar-refractivity contribution in [2.75, 3.05) is 4.31 Å². The zero-order chi connectivity index (χ0) is 28.3. The van der Waals surface area contributed by atoms with E-state index >= 15 is 0 Å². The van der Waals surface area contributed by atoms with Gasteiger partial charge in [-0.25, -0.2) is 18.2 Å². The highest BCUT2D eigenvalue weighted by molar-refractivity contribution is 7.93. The monoisotopic (exact) mass is 607 g/mol. The van der Waals surface area contributed by atoms with Crippen molar-refractivity contribution in [1.82, 2.24) is 19.5 Å². The van der Waals surface area contributed by atoms with Crippen molar-refractivity contribution in [3.05, 3.63) is 70.3 Å². The average Bonchev–Trinajstić information content (AvgIpc) is 3.46. The van der Waals surface area contributed by atoms with Gasteiger partial charge in [-0.15, -0.1) is 0 Å². The minimum atomic E-state index is -4.44. The van der Waals surface area contributed by atoms with Gasteiger partial charge in [-0.2, -0.15) is 4.98 Å². The minimum Gasteiger partial charge on any atom is -0.480 e. The predicted octanol–water partition coefficient (Wildman–Crippen LogP) is 5.37. The SMILES string of the molecule is CC(C)(C)C(C(=O)O)N(c1ccc2c(ccn2-c2nc(Cl)nc3[nH+]c[nH]c23)c1)S(=O)(=O)c1cc(Cl)cc(Cl)c1. The molecule has 5 aromatic rings. The van der Waals surface area contributed by atoms with Crippen LogP contribution in [0.25, 0.3) is 27.9 Å². The number of carbonyl (C=O) groups is 1. The van der Waals surface area contributed by atoms with Crippen LogP contribution in [0.5, 0.6) is 0 Å². The molecule has 202 valence electrons. The fourth-order valence-electron chi connectivity index (χ4n) is 4.50. The standard InChI is InChI=1S/C25H21Cl3N6O4S/c1-25(2,3)20(23(35)36)34(39(37,38)17-10-14(26)9-15(27)11-17)16-4-5-18-13(8-16)6-7-33(18)22-19-21(30-12-29-19)31-24(28)32-22/h4-12,20H,1-3H3,(H,35,36)(H,29,30,31,32)/p+1. The second-order valence-electron chi connectivity index (χ2n) is 9.91. The Labute approximate surface area is 238 Å². The van der Waals surface area contributed by atoms with Gasteiger partial charge in [-0.3, -0.25) is 13.9 Å². The van der Waals surface area contributed by atoms with Gasteiger partial charge in [0.2, 0.25) is 5.52 Å². The van der Waals surface area contributed by atoms with Crippen molar-refractivity contribution in [1.29, 1.82) is 0 Å². The van der Waals surface area contributed by atoms with Gasteiger partial charge in [-0.1, -0.05) is 49.0 Å². The van der Waals surface area contributed by atoms with E-state index in [2.05, 4.69) is 19.9 Å². The molecule has 3 heterocycles. The number of aliphatic carboxylic acids is 1. The number of nitrogens with zero attached hydrogens (tertiary/aromatic N) is 4. The second-order valence-corrected chi connectivity index (χ2v) is 12.9. The highest BCUT2D eigenvalue weighted by atomic mass is 35.5. The van der Waals surface area contributed by atoms with Gasteiger partial charge in [0.1, 0.15) is 6.04 Å². The first-order chi connectivity index (χ1) is 18.3. The number of imidazole rings is 1. The Balaban J connectivity index is 1.72. The highest BCUT2D eigenvalue weighted by Gasteiger charge is 2.43. The van der Waals surface area contributed by atoms with Gasteiger partial charge in [-0.05, 0) is 59.5 Å². The number of rotatable bonds is 6. The molecular weight excluding hydrogens is 587 g/mol. The lowest BCUT2D eigenvalue weighted by molar-refractivity contribution is -0.347. The topological polar surface area (TPSA) is 135 Å². The number of anilines is 1. The molecule has 3 N–H and O–H groups in total. The van der Waals surface area contributed by atoms with E-state index in [-0.39, 0.29) is 25.9 Å². The Morgan fingerprint density at radius 1 is 1.08 bits per heavy atom.